The third-order valence-electron chi connectivity index (χ3n) is 12.7. The van der Waals surface area contributed by atoms with Crippen LogP contribution in [0.15, 0.2) is 48.7 Å². The molecule has 3 amide bonds. The summed E-state index contributed by atoms with van der Waals surface area (Å²) in [6.07, 6.45) is 8.96. The second-order valence-electron chi connectivity index (χ2n) is 16.5. The fourth-order valence-electron chi connectivity index (χ4n) is 9.34. The molecule has 0 radical (unpaired) electrons. The molecule has 1 atom stereocenters. The lowest BCUT2D eigenvalue weighted by Crippen LogP contribution is -2.47. The lowest BCUT2D eigenvalue weighted by atomic mass is 9.84. The van der Waals surface area contributed by atoms with E-state index in [0.29, 0.717) is 42.8 Å². The summed E-state index contributed by atoms with van der Waals surface area (Å²) in [6, 6.07) is 12.5. The van der Waals surface area contributed by atoms with Gasteiger partial charge < -0.3 is 30.1 Å². The summed E-state index contributed by atoms with van der Waals surface area (Å²) in [4.78, 5) is 52.8. The lowest BCUT2D eigenvalue weighted by molar-refractivity contribution is -0.138. The number of nitrogens with one attached hydrogen (secondary N) is 3. The van der Waals surface area contributed by atoms with Crippen molar-refractivity contribution in [1.82, 2.24) is 25.1 Å². The number of anilines is 3. The zero-order chi connectivity index (χ0) is 39.3. The molecule has 3 aromatic rings. The average Bonchev–Trinajstić information content (AvgIpc) is 3.24. The van der Waals surface area contributed by atoms with Gasteiger partial charge in [0.05, 0.1) is 19.4 Å². The molecule has 5 fully saturated rings. The van der Waals surface area contributed by atoms with Gasteiger partial charge in [0.2, 0.25) is 23.7 Å². The van der Waals surface area contributed by atoms with Crippen LogP contribution in [0.3, 0.4) is 0 Å². The van der Waals surface area contributed by atoms with Gasteiger partial charge in [-0.2, -0.15) is 0 Å². The van der Waals surface area contributed by atoms with Gasteiger partial charge in [-0.3, -0.25) is 19.7 Å². The Bertz CT molecular complexity index is 1900. The molecular weight excluding hydrogens is 731 g/mol. The average molecular weight is 785 g/mol. The third kappa shape index (κ3) is 9.55. The number of benzene rings is 2. The van der Waals surface area contributed by atoms with Gasteiger partial charge in [0.1, 0.15) is 17.6 Å². The van der Waals surface area contributed by atoms with Crippen LogP contribution in [0, 0.1) is 23.5 Å². The first-order valence-corrected chi connectivity index (χ1v) is 20.9. The van der Waals surface area contributed by atoms with Gasteiger partial charge in [-0.05, 0) is 113 Å². The van der Waals surface area contributed by atoms with Crippen LogP contribution in [0.25, 0.3) is 11.3 Å². The SMILES string of the molecule is O=C1CCC(Nc2ccc(C3CCN(CC4CCN(C(=O)[C@H]5CC[C@H](Nc6ncc(F)c(-c7cccc(N8CCOCC8)c7)n6)CC5)CC4)CC3)c(F)c2)C(=O)N1. The van der Waals surface area contributed by atoms with E-state index in [0.717, 1.165) is 108 Å². The molecule has 1 aromatic heterocycles. The molecule has 14 heteroatoms. The summed E-state index contributed by atoms with van der Waals surface area (Å²) in [5.74, 6) is 0.0386. The number of nitrogens with zero attached hydrogens (tertiary/aromatic N) is 5. The summed E-state index contributed by atoms with van der Waals surface area (Å²) in [6.45, 7) is 7.38. The molecule has 57 heavy (non-hydrogen) atoms. The van der Waals surface area contributed by atoms with E-state index in [-0.39, 0.29) is 53.5 Å². The first-order chi connectivity index (χ1) is 27.8. The van der Waals surface area contributed by atoms with Crippen molar-refractivity contribution in [2.45, 2.75) is 82.2 Å². The number of likely N-dealkylation sites (tertiary alicyclic amines) is 2. The van der Waals surface area contributed by atoms with Crippen LogP contribution < -0.4 is 20.9 Å². The maximum absolute atomic E-state index is 15.2. The zero-order valence-electron chi connectivity index (χ0n) is 32.6. The number of aromatic nitrogens is 2. The maximum atomic E-state index is 15.2. The summed E-state index contributed by atoms with van der Waals surface area (Å²) in [7, 11) is 0. The number of imide groups is 1. The van der Waals surface area contributed by atoms with Crippen molar-refractivity contribution in [3.05, 3.63) is 65.9 Å². The molecule has 4 saturated heterocycles. The molecule has 304 valence electrons. The van der Waals surface area contributed by atoms with Crippen LogP contribution >= 0.6 is 0 Å². The van der Waals surface area contributed by atoms with Crippen LogP contribution in [-0.4, -0.2) is 109 Å². The normalized spacial score (nSPS) is 24.3. The predicted molar refractivity (Wildman–Crippen MR) is 214 cm³/mol. The van der Waals surface area contributed by atoms with Crippen LogP contribution in [0.5, 0.6) is 0 Å². The number of ether oxygens (including phenoxy) is 1. The van der Waals surface area contributed by atoms with Crippen molar-refractivity contribution in [3.63, 3.8) is 0 Å². The summed E-state index contributed by atoms with van der Waals surface area (Å²) >= 11 is 0. The van der Waals surface area contributed by atoms with Crippen molar-refractivity contribution in [1.29, 1.82) is 0 Å². The Kier molecular flexibility index (Phi) is 12.3. The second kappa shape index (κ2) is 17.8. The Labute approximate surface area is 333 Å². The van der Waals surface area contributed by atoms with Crippen LogP contribution in [0.2, 0.25) is 0 Å². The highest BCUT2D eigenvalue weighted by Crippen LogP contribution is 2.34. The van der Waals surface area contributed by atoms with Crippen LogP contribution in [-0.2, 0) is 19.1 Å². The highest BCUT2D eigenvalue weighted by molar-refractivity contribution is 6.01. The molecule has 8 rings (SSSR count). The van der Waals surface area contributed by atoms with E-state index in [4.69, 9.17) is 4.74 Å². The molecule has 0 spiro atoms. The van der Waals surface area contributed by atoms with Gasteiger partial charge in [-0.15, -0.1) is 0 Å². The minimum absolute atomic E-state index is 0.0222. The number of hydrogen-bond acceptors (Lipinski definition) is 10. The molecule has 3 N–H and O–H groups in total. The van der Waals surface area contributed by atoms with E-state index in [2.05, 4.69) is 40.6 Å². The Hall–Kier alpha value is -4.69. The summed E-state index contributed by atoms with van der Waals surface area (Å²) < 4.78 is 35.7. The number of carbonyl (C=O) groups is 3. The molecule has 0 bridgehead atoms. The molecule has 1 aliphatic carbocycles. The number of hydrogen-bond donors (Lipinski definition) is 3. The van der Waals surface area contributed by atoms with E-state index in [9.17, 15) is 18.8 Å². The van der Waals surface area contributed by atoms with Gasteiger partial charge in [-0.25, -0.2) is 18.7 Å². The van der Waals surface area contributed by atoms with Crippen LogP contribution in [0.4, 0.5) is 26.1 Å². The number of halogens is 2. The van der Waals surface area contributed by atoms with Crippen molar-refractivity contribution < 1.29 is 27.9 Å². The monoisotopic (exact) mass is 784 g/mol. The molecule has 1 unspecified atom stereocenters. The predicted octanol–water partition coefficient (Wildman–Crippen LogP) is 5.56. The number of morpholine rings is 1. The Morgan fingerprint density at radius 1 is 0.842 bits per heavy atom. The first kappa shape index (κ1) is 39.2. The van der Waals surface area contributed by atoms with Crippen molar-refractivity contribution in [3.8, 4) is 11.3 Å². The minimum Gasteiger partial charge on any atom is -0.378 e. The summed E-state index contributed by atoms with van der Waals surface area (Å²) in [5, 5.41) is 8.83. The topological polar surface area (TPSA) is 132 Å². The van der Waals surface area contributed by atoms with Gasteiger partial charge in [0, 0.05) is 68.0 Å². The second-order valence-corrected chi connectivity index (χ2v) is 16.5. The first-order valence-electron chi connectivity index (χ1n) is 20.9. The standard InChI is InChI=1S/C43H54F2N8O4/c44-36-25-33(47-38-10-11-39(54)49-41(38)55)8-9-35(36)29-14-16-51(17-15-29)27-28-12-18-53(19-13-28)42(56)30-4-6-32(7-5-30)48-43-46-26-37(45)40(50-43)31-2-1-3-34(24-31)52-20-22-57-23-21-52/h1-3,8-9,24-26,28-30,32,38,47H,4-7,10-23,27H2,(H,46,48,50)(H,49,54,55)/t30-,32-,38?. The smallest absolute Gasteiger partial charge is 0.249 e. The number of piperidine rings is 3. The molecule has 12 nitrogen and oxygen atoms in total. The Balaban J connectivity index is 0.751. The van der Waals surface area contributed by atoms with Gasteiger partial charge in [0.15, 0.2) is 5.82 Å². The van der Waals surface area contributed by atoms with E-state index in [1.165, 1.54) is 12.3 Å². The zero-order valence-corrected chi connectivity index (χ0v) is 32.6. The Morgan fingerprint density at radius 3 is 2.35 bits per heavy atom. The number of amides is 3. The molecule has 1 saturated carbocycles. The van der Waals surface area contributed by atoms with Crippen molar-refractivity contribution in [2.24, 2.45) is 11.8 Å². The number of carbonyl (C=O) groups excluding carboxylic acids is 3. The van der Waals surface area contributed by atoms with Crippen molar-refractivity contribution in [2.75, 3.05) is 74.6 Å². The number of rotatable bonds is 10. The molecule has 2 aromatic carbocycles. The molecule has 5 heterocycles. The fourth-order valence-corrected chi connectivity index (χ4v) is 9.34. The lowest BCUT2D eigenvalue weighted by Gasteiger charge is -2.39. The van der Waals surface area contributed by atoms with Gasteiger partial charge in [-0.1, -0.05) is 18.2 Å². The van der Waals surface area contributed by atoms with Crippen LogP contribution in [0.1, 0.15) is 75.7 Å². The highest BCUT2D eigenvalue weighted by Gasteiger charge is 2.33. The van der Waals surface area contributed by atoms with E-state index in [1.54, 1.807) is 0 Å². The van der Waals surface area contributed by atoms with E-state index in [1.807, 2.05) is 36.4 Å². The van der Waals surface area contributed by atoms with Gasteiger partial charge >= 0.3 is 0 Å². The quantitative estimate of drug-likeness (QED) is 0.225. The molecule has 4 aliphatic heterocycles. The van der Waals surface area contributed by atoms with Crippen molar-refractivity contribution >= 4 is 35.0 Å². The third-order valence-corrected chi connectivity index (χ3v) is 12.7. The Morgan fingerprint density at radius 2 is 1.61 bits per heavy atom. The molecule has 5 aliphatic rings. The van der Waals surface area contributed by atoms with Gasteiger partial charge in [0.25, 0.3) is 0 Å². The summed E-state index contributed by atoms with van der Waals surface area (Å²) in [5.41, 5.74) is 3.28. The maximum Gasteiger partial charge on any atom is 0.249 e. The minimum atomic E-state index is -0.541. The van der Waals surface area contributed by atoms with E-state index < -0.39 is 11.9 Å². The molecular formula is C43H54F2N8O4. The van der Waals surface area contributed by atoms with E-state index >= 15 is 4.39 Å². The highest BCUT2D eigenvalue weighted by atomic mass is 19.1. The largest absolute Gasteiger partial charge is 0.378 e. The fraction of sp³-hybridized carbons (Fsp3) is 0.558.